The van der Waals surface area contributed by atoms with Gasteiger partial charge in [0.2, 0.25) is 0 Å². The Morgan fingerprint density at radius 2 is 1.81 bits per heavy atom. The van der Waals surface area contributed by atoms with Gasteiger partial charge in [-0.2, -0.15) is 5.26 Å². The van der Waals surface area contributed by atoms with Crippen LogP contribution in [-0.2, 0) is 0 Å². The summed E-state index contributed by atoms with van der Waals surface area (Å²) in [5, 5.41) is 10.0. The number of nitrogens with zero attached hydrogens (tertiary/aromatic N) is 1. The Balaban J connectivity index is 2.18. The number of carbonyl (C=O) groups is 1. The van der Waals surface area contributed by atoms with E-state index in [1.165, 1.54) is 6.07 Å². The minimum absolute atomic E-state index is 0.123. The van der Waals surface area contributed by atoms with Gasteiger partial charge in [-0.25, -0.2) is 0 Å². The molecule has 0 aromatic heterocycles. The SMILES string of the molecule is Cc1ccc([C@H](C#N)CC(=O)c2ccc(Cl)c(Cl)c2)cc1. The molecule has 0 heterocycles. The molecule has 0 aliphatic heterocycles. The molecule has 0 aliphatic rings. The summed E-state index contributed by atoms with van der Waals surface area (Å²) in [6.07, 6.45) is 0.123. The van der Waals surface area contributed by atoms with Gasteiger partial charge in [0.15, 0.2) is 5.78 Å². The zero-order valence-electron chi connectivity index (χ0n) is 11.4. The van der Waals surface area contributed by atoms with Crippen molar-refractivity contribution in [2.45, 2.75) is 19.3 Å². The lowest BCUT2D eigenvalue weighted by molar-refractivity contribution is 0.0979. The van der Waals surface area contributed by atoms with E-state index < -0.39 is 5.92 Å². The first kappa shape index (κ1) is 15.6. The highest BCUT2D eigenvalue weighted by molar-refractivity contribution is 6.42. The quantitative estimate of drug-likeness (QED) is 0.729. The van der Waals surface area contributed by atoms with Crippen LogP contribution in [0.15, 0.2) is 42.5 Å². The molecule has 0 amide bonds. The van der Waals surface area contributed by atoms with Crippen LogP contribution in [0.4, 0.5) is 0 Å². The molecular formula is C17H13Cl2NO. The number of ketones is 1. The Morgan fingerprint density at radius 3 is 2.38 bits per heavy atom. The van der Waals surface area contributed by atoms with Crippen molar-refractivity contribution in [2.75, 3.05) is 0 Å². The van der Waals surface area contributed by atoms with Crippen molar-refractivity contribution in [1.82, 2.24) is 0 Å². The van der Waals surface area contributed by atoms with Crippen molar-refractivity contribution < 1.29 is 4.79 Å². The van der Waals surface area contributed by atoms with Crippen molar-refractivity contribution in [3.8, 4) is 6.07 Å². The number of rotatable bonds is 4. The molecular weight excluding hydrogens is 305 g/mol. The summed E-state index contributed by atoms with van der Waals surface area (Å²) in [4.78, 5) is 12.3. The Morgan fingerprint density at radius 1 is 1.14 bits per heavy atom. The van der Waals surface area contributed by atoms with Gasteiger partial charge in [-0.05, 0) is 30.7 Å². The second-order valence-corrected chi connectivity index (χ2v) is 5.66. The molecule has 0 aliphatic carbocycles. The van der Waals surface area contributed by atoms with E-state index in [9.17, 15) is 10.1 Å². The van der Waals surface area contributed by atoms with E-state index in [0.29, 0.717) is 15.6 Å². The van der Waals surface area contributed by atoms with Gasteiger partial charge < -0.3 is 0 Å². The molecule has 2 aromatic carbocycles. The molecule has 2 aromatic rings. The predicted molar refractivity (Wildman–Crippen MR) is 84.9 cm³/mol. The zero-order valence-corrected chi connectivity index (χ0v) is 12.9. The fraction of sp³-hybridized carbons (Fsp3) is 0.176. The Labute approximate surface area is 133 Å². The largest absolute Gasteiger partial charge is 0.294 e. The van der Waals surface area contributed by atoms with Gasteiger partial charge >= 0.3 is 0 Å². The van der Waals surface area contributed by atoms with Gasteiger partial charge in [0.25, 0.3) is 0 Å². The minimum Gasteiger partial charge on any atom is -0.294 e. The van der Waals surface area contributed by atoms with E-state index in [2.05, 4.69) is 6.07 Å². The van der Waals surface area contributed by atoms with Gasteiger partial charge in [-0.1, -0.05) is 53.0 Å². The lowest BCUT2D eigenvalue weighted by Gasteiger charge is -2.09. The molecule has 0 fully saturated rings. The fourth-order valence-corrected chi connectivity index (χ4v) is 2.31. The summed E-state index contributed by atoms with van der Waals surface area (Å²) in [6.45, 7) is 1.98. The molecule has 0 saturated heterocycles. The fourth-order valence-electron chi connectivity index (χ4n) is 2.01. The number of hydrogen-bond donors (Lipinski definition) is 0. The topological polar surface area (TPSA) is 40.9 Å². The number of hydrogen-bond acceptors (Lipinski definition) is 2. The molecule has 1 atom stereocenters. The van der Waals surface area contributed by atoms with E-state index >= 15 is 0 Å². The highest BCUT2D eigenvalue weighted by Gasteiger charge is 2.17. The van der Waals surface area contributed by atoms with E-state index in [4.69, 9.17) is 23.2 Å². The van der Waals surface area contributed by atoms with Crippen molar-refractivity contribution in [1.29, 1.82) is 5.26 Å². The van der Waals surface area contributed by atoms with Crippen molar-refractivity contribution in [3.05, 3.63) is 69.2 Å². The Kier molecular flexibility index (Phi) is 5.01. The first-order valence-corrected chi connectivity index (χ1v) is 7.21. The number of halogens is 2. The third kappa shape index (κ3) is 3.85. The summed E-state index contributed by atoms with van der Waals surface area (Å²) in [7, 11) is 0. The van der Waals surface area contributed by atoms with Crippen LogP contribution < -0.4 is 0 Å². The summed E-state index contributed by atoms with van der Waals surface area (Å²) >= 11 is 11.7. The van der Waals surface area contributed by atoms with E-state index in [-0.39, 0.29) is 12.2 Å². The molecule has 2 rings (SSSR count). The van der Waals surface area contributed by atoms with Gasteiger partial charge in [0.1, 0.15) is 0 Å². The van der Waals surface area contributed by atoms with Crippen LogP contribution >= 0.6 is 23.2 Å². The van der Waals surface area contributed by atoms with Crippen LogP contribution in [0.1, 0.15) is 33.8 Å². The minimum atomic E-state index is -0.465. The molecule has 4 heteroatoms. The van der Waals surface area contributed by atoms with Gasteiger partial charge in [0, 0.05) is 12.0 Å². The van der Waals surface area contributed by atoms with Crippen LogP contribution in [0.25, 0.3) is 0 Å². The maximum absolute atomic E-state index is 12.3. The molecule has 0 spiro atoms. The number of benzene rings is 2. The third-order valence-electron chi connectivity index (χ3n) is 3.27. The summed E-state index contributed by atoms with van der Waals surface area (Å²) < 4.78 is 0. The summed E-state index contributed by atoms with van der Waals surface area (Å²) in [5.41, 5.74) is 2.43. The average molecular weight is 318 g/mol. The molecule has 0 saturated carbocycles. The predicted octanol–water partition coefficient (Wildman–Crippen LogP) is 5.18. The maximum Gasteiger partial charge on any atom is 0.164 e. The van der Waals surface area contributed by atoms with Crippen molar-refractivity contribution in [2.24, 2.45) is 0 Å². The smallest absolute Gasteiger partial charge is 0.164 e. The van der Waals surface area contributed by atoms with E-state index in [0.717, 1.165) is 11.1 Å². The normalized spacial score (nSPS) is 11.7. The number of nitriles is 1. The van der Waals surface area contributed by atoms with Gasteiger partial charge in [-0.15, -0.1) is 0 Å². The van der Waals surface area contributed by atoms with E-state index in [1.54, 1.807) is 12.1 Å². The number of Topliss-reactive ketones (excluding diaryl/α,β-unsaturated/α-hetero) is 1. The van der Waals surface area contributed by atoms with Crippen LogP contribution in [0, 0.1) is 18.3 Å². The highest BCUT2D eigenvalue weighted by atomic mass is 35.5. The van der Waals surface area contributed by atoms with Crippen molar-refractivity contribution in [3.63, 3.8) is 0 Å². The number of aryl methyl sites for hydroxylation is 1. The second-order valence-electron chi connectivity index (χ2n) is 4.85. The monoisotopic (exact) mass is 317 g/mol. The molecule has 2 nitrogen and oxygen atoms in total. The van der Waals surface area contributed by atoms with Crippen LogP contribution in [0.2, 0.25) is 10.0 Å². The van der Waals surface area contributed by atoms with Gasteiger partial charge in [-0.3, -0.25) is 4.79 Å². The second kappa shape index (κ2) is 6.76. The molecule has 0 unspecified atom stereocenters. The number of carbonyl (C=O) groups excluding carboxylic acids is 1. The van der Waals surface area contributed by atoms with Crippen LogP contribution in [0.5, 0.6) is 0 Å². The third-order valence-corrected chi connectivity index (χ3v) is 4.01. The molecule has 0 radical (unpaired) electrons. The maximum atomic E-state index is 12.3. The summed E-state index contributed by atoms with van der Waals surface area (Å²) in [5.74, 6) is -0.590. The van der Waals surface area contributed by atoms with Gasteiger partial charge in [0.05, 0.1) is 22.0 Å². The lowest BCUT2D eigenvalue weighted by Crippen LogP contribution is -2.06. The Hall–Kier alpha value is -1.82. The molecule has 106 valence electrons. The van der Waals surface area contributed by atoms with Crippen molar-refractivity contribution >= 4 is 29.0 Å². The van der Waals surface area contributed by atoms with Crippen LogP contribution in [0.3, 0.4) is 0 Å². The zero-order chi connectivity index (χ0) is 15.4. The Bertz CT molecular complexity index is 702. The van der Waals surface area contributed by atoms with E-state index in [1.807, 2.05) is 31.2 Å². The van der Waals surface area contributed by atoms with Crippen LogP contribution in [-0.4, -0.2) is 5.78 Å². The standard InChI is InChI=1S/C17H13Cl2NO/c1-11-2-4-12(5-3-11)14(10-20)9-17(21)13-6-7-15(18)16(19)8-13/h2-8,14H,9H2,1H3/t14-/m0/s1. The average Bonchev–Trinajstić information content (AvgIpc) is 2.48. The molecule has 21 heavy (non-hydrogen) atoms. The first-order chi connectivity index (χ1) is 10.0. The lowest BCUT2D eigenvalue weighted by atomic mass is 9.92. The molecule has 0 N–H and O–H groups in total. The highest BCUT2D eigenvalue weighted by Crippen LogP contribution is 2.26. The summed E-state index contributed by atoms with van der Waals surface area (Å²) in [6, 6.07) is 14.6. The molecule has 0 bridgehead atoms. The first-order valence-electron chi connectivity index (χ1n) is 6.45.